The molecule has 21 heavy (non-hydrogen) atoms. The van der Waals surface area contributed by atoms with Crippen molar-refractivity contribution in [3.05, 3.63) is 21.4 Å². The van der Waals surface area contributed by atoms with Crippen LogP contribution >= 0.6 is 11.3 Å². The molecular formula is C16H24N2O2S. The number of amides is 2. The van der Waals surface area contributed by atoms with E-state index in [9.17, 15) is 9.59 Å². The number of aryl methyl sites for hydroxylation is 1. The van der Waals surface area contributed by atoms with Crippen molar-refractivity contribution in [2.75, 3.05) is 0 Å². The maximum atomic E-state index is 12.1. The smallest absolute Gasteiger partial charge is 0.273 e. The zero-order chi connectivity index (χ0) is 15.4. The third-order valence-corrected chi connectivity index (χ3v) is 5.13. The maximum Gasteiger partial charge on any atom is 0.279 e. The summed E-state index contributed by atoms with van der Waals surface area (Å²) in [4.78, 5) is 25.7. The molecule has 0 fully saturated rings. The first kappa shape index (κ1) is 16.0. The topological polar surface area (TPSA) is 58.2 Å². The Kier molecular flexibility index (Phi) is 5.39. The first-order valence-corrected chi connectivity index (χ1v) is 8.52. The monoisotopic (exact) mass is 308 g/mol. The molecule has 0 radical (unpaired) electrons. The fraction of sp³-hybridized carbons (Fsp3) is 0.625. The van der Waals surface area contributed by atoms with Crippen LogP contribution in [0.1, 0.15) is 60.1 Å². The molecule has 0 unspecified atom stereocenters. The Morgan fingerprint density at radius 1 is 1.38 bits per heavy atom. The van der Waals surface area contributed by atoms with E-state index in [1.165, 1.54) is 23.3 Å². The quantitative estimate of drug-likeness (QED) is 0.840. The zero-order valence-corrected chi connectivity index (χ0v) is 13.8. The van der Waals surface area contributed by atoms with Gasteiger partial charge in [-0.2, -0.15) is 0 Å². The molecule has 0 saturated carbocycles. The van der Waals surface area contributed by atoms with Crippen LogP contribution < -0.4 is 10.9 Å². The minimum absolute atomic E-state index is 0.147. The molecule has 0 bridgehead atoms. The Labute approximate surface area is 130 Å². The van der Waals surface area contributed by atoms with Crippen molar-refractivity contribution >= 4 is 23.2 Å². The van der Waals surface area contributed by atoms with Crippen LogP contribution in [0.25, 0.3) is 0 Å². The lowest BCUT2D eigenvalue weighted by molar-refractivity contribution is -0.122. The standard InChI is InChI=1S/C16H24N2O2S/c1-4-11-5-6-13-12(8-11)9-14(21-13)16(20)18-17-15(19)7-10(2)3/h9-11H,4-8H2,1-3H3,(H,17,19)(H,18,20)/t11-/m0/s1. The Bertz CT molecular complexity index is 522. The Morgan fingerprint density at radius 3 is 2.81 bits per heavy atom. The van der Waals surface area contributed by atoms with Crippen molar-refractivity contribution in [2.24, 2.45) is 11.8 Å². The van der Waals surface area contributed by atoms with Gasteiger partial charge in [-0.15, -0.1) is 11.3 Å². The average molecular weight is 308 g/mol. The minimum atomic E-state index is -0.209. The summed E-state index contributed by atoms with van der Waals surface area (Å²) in [7, 11) is 0. The lowest BCUT2D eigenvalue weighted by atomic mass is 9.87. The summed E-state index contributed by atoms with van der Waals surface area (Å²) in [5, 5.41) is 0. The van der Waals surface area contributed by atoms with E-state index in [4.69, 9.17) is 0 Å². The largest absolute Gasteiger partial charge is 0.279 e. The van der Waals surface area contributed by atoms with Gasteiger partial charge in [0.2, 0.25) is 5.91 Å². The molecule has 0 aliphatic heterocycles. The first-order chi connectivity index (χ1) is 9.99. The average Bonchev–Trinajstić information content (AvgIpc) is 2.86. The number of hydrogen-bond acceptors (Lipinski definition) is 3. The highest BCUT2D eigenvalue weighted by molar-refractivity contribution is 7.14. The van der Waals surface area contributed by atoms with Crippen LogP contribution in [0.4, 0.5) is 0 Å². The van der Waals surface area contributed by atoms with Crippen LogP contribution in [0.5, 0.6) is 0 Å². The van der Waals surface area contributed by atoms with Gasteiger partial charge in [-0.25, -0.2) is 0 Å². The zero-order valence-electron chi connectivity index (χ0n) is 13.0. The Balaban J connectivity index is 1.92. The Morgan fingerprint density at radius 2 is 2.14 bits per heavy atom. The van der Waals surface area contributed by atoms with Crippen molar-refractivity contribution in [3.8, 4) is 0 Å². The summed E-state index contributed by atoms with van der Waals surface area (Å²) in [5.74, 6) is 0.668. The third-order valence-electron chi connectivity index (χ3n) is 3.90. The van der Waals surface area contributed by atoms with Gasteiger partial charge < -0.3 is 0 Å². The van der Waals surface area contributed by atoms with E-state index in [0.717, 1.165) is 18.8 Å². The van der Waals surface area contributed by atoms with Crippen molar-refractivity contribution in [2.45, 2.75) is 52.9 Å². The highest BCUT2D eigenvalue weighted by Crippen LogP contribution is 2.33. The van der Waals surface area contributed by atoms with E-state index in [1.54, 1.807) is 11.3 Å². The highest BCUT2D eigenvalue weighted by Gasteiger charge is 2.22. The van der Waals surface area contributed by atoms with Crippen LogP contribution in [0.15, 0.2) is 6.07 Å². The van der Waals surface area contributed by atoms with Crippen molar-refractivity contribution in [1.29, 1.82) is 0 Å². The third kappa shape index (κ3) is 4.30. The van der Waals surface area contributed by atoms with Gasteiger partial charge in [-0.3, -0.25) is 20.4 Å². The van der Waals surface area contributed by atoms with Gasteiger partial charge in [-0.05, 0) is 42.7 Å². The molecule has 2 amide bonds. The summed E-state index contributed by atoms with van der Waals surface area (Å²) in [6.45, 7) is 6.16. The molecule has 5 heteroatoms. The normalized spacial score (nSPS) is 17.4. The molecule has 1 aromatic rings. The van der Waals surface area contributed by atoms with Crippen molar-refractivity contribution in [3.63, 3.8) is 0 Å². The molecule has 1 aliphatic rings. The van der Waals surface area contributed by atoms with E-state index >= 15 is 0 Å². The predicted octanol–water partition coefficient (Wildman–Crippen LogP) is 3.07. The summed E-state index contributed by atoms with van der Waals surface area (Å²) in [6, 6.07) is 1.99. The van der Waals surface area contributed by atoms with Gasteiger partial charge in [0.1, 0.15) is 0 Å². The van der Waals surface area contributed by atoms with Crippen LogP contribution in [-0.4, -0.2) is 11.8 Å². The van der Waals surface area contributed by atoms with Gasteiger partial charge >= 0.3 is 0 Å². The molecule has 0 spiro atoms. The van der Waals surface area contributed by atoms with E-state index in [-0.39, 0.29) is 17.7 Å². The molecule has 0 aromatic carbocycles. The molecule has 0 saturated heterocycles. The molecule has 1 aliphatic carbocycles. The Hall–Kier alpha value is -1.36. The van der Waals surface area contributed by atoms with Gasteiger partial charge in [0.15, 0.2) is 0 Å². The van der Waals surface area contributed by atoms with Crippen LogP contribution in [0.2, 0.25) is 0 Å². The molecule has 1 heterocycles. The number of thiophene rings is 1. The van der Waals surface area contributed by atoms with Gasteiger partial charge in [-0.1, -0.05) is 27.2 Å². The summed E-state index contributed by atoms with van der Waals surface area (Å²) < 4.78 is 0. The highest BCUT2D eigenvalue weighted by atomic mass is 32.1. The molecular weight excluding hydrogens is 284 g/mol. The molecule has 4 nitrogen and oxygen atoms in total. The number of hydrogen-bond donors (Lipinski definition) is 2. The van der Waals surface area contributed by atoms with E-state index in [0.29, 0.717) is 11.3 Å². The number of rotatable bonds is 4. The summed E-state index contributed by atoms with van der Waals surface area (Å²) >= 11 is 1.56. The molecule has 1 aromatic heterocycles. The molecule has 2 N–H and O–H groups in total. The summed E-state index contributed by atoms with van der Waals surface area (Å²) in [5.41, 5.74) is 6.31. The second-order valence-corrected chi connectivity index (χ2v) is 7.31. The number of carbonyl (C=O) groups is 2. The van der Waals surface area contributed by atoms with Crippen LogP contribution in [0.3, 0.4) is 0 Å². The van der Waals surface area contributed by atoms with Crippen LogP contribution in [-0.2, 0) is 17.6 Å². The number of carbonyl (C=O) groups excluding carboxylic acids is 2. The van der Waals surface area contributed by atoms with Gasteiger partial charge in [0.05, 0.1) is 4.88 Å². The van der Waals surface area contributed by atoms with Gasteiger partial charge in [0.25, 0.3) is 5.91 Å². The second kappa shape index (κ2) is 7.07. The fourth-order valence-corrected chi connectivity index (χ4v) is 3.77. The molecule has 116 valence electrons. The summed E-state index contributed by atoms with van der Waals surface area (Å²) in [6.07, 6.45) is 4.98. The maximum absolute atomic E-state index is 12.1. The lowest BCUT2D eigenvalue weighted by Crippen LogP contribution is -2.41. The van der Waals surface area contributed by atoms with E-state index < -0.39 is 0 Å². The first-order valence-electron chi connectivity index (χ1n) is 7.70. The fourth-order valence-electron chi connectivity index (χ4n) is 2.67. The predicted molar refractivity (Wildman–Crippen MR) is 85.2 cm³/mol. The lowest BCUT2D eigenvalue weighted by Gasteiger charge is -2.19. The second-order valence-electron chi connectivity index (χ2n) is 6.18. The number of fused-ring (bicyclic) bond motifs is 1. The van der Waals surface area contributed by atoms with Crippen molar-refractivity contribution in [1.82, 2.24) is 10.9 Å². The van der Waals surface area contributed by atoms with E-state index in [1.807, 2.05) is 19.9 Å². The number of hydrazine groups is 1. The molecule has 2 rings (SSSR count). The van der Waals surface area contributed by atoms with Gasteiger partial charge in [0, 0.05) is 11.3 Å². The van der Waals surface area contributed by atoms with E-state index in [2.05, 4.69) is 17.8 Å². The SMILES string of the molecule is CC[C@H]1CCc2sc(C(=O)NNC(=O)CC(C)C)cc2C1. The van der Waals surface area contributed by atoms with Crippen LogP contribution in [0, 0.1) is 11.8 Å². The molecule has 1 atom stereocenters. The minimum Gasteiger partial charge on any atom is -0.273 e. The number of nitrogens with one attached hydrogen (secondary N) is 2. The van der Waals surface area contributed by atoms with Crippen molar-refractivity contribution < 1.29 is 9.59 Å².